The SMILES string of the molecule is CCOC(=O)C[C@@H]1[C@H](C#N)N(Cc2ccccc2)[C@H]1CC. The maximum atomic E-state index is 11.7. The normalized spacial score (nSPS) is 24.9. The molecule has 1 aromatic rings. The van der Waals surface area contributed by atoms with Crippen LogP contribution in [0.2, 0.25) is 0 Å². The van der Waals surface area contributed by atoms with Crippen molar-refractivity contribution in [3.8, 4) is 6.07 Å². The Hall–Kier alpha value is -1.86. The van der Waals surface area contributed by atoms with Crippen molar-refractivity contribution in [2.45, 2.75) is 45.3 Å². The Bertz CT molecular complexity index is 509. The van der Waals surface area contributed by atoms with Gasteiger partial charge in [0.15, 0.2) is 0 Å². The monoisotopic (exact) mass is 286 g/mol. The molecule has 112 valence electrons. The van der Waals surface area contributed by atoms with E-state index in [0.717, 1.165) is 13.0 Å². The summed E-state index contributed by atoms with van der Waals surface area (Å²) < 4.78 is 5.02. The molecule has 0 spiro atoms. The van der Waals surface area contributed by atoms with Gasteiger partial charge in [-0.25, -0.2) is 0 Å². The molecule has 4 heteroatoms. The first-order chi connectivity index (χ1) is 10.2. The summed E-state index contributed by atoms with van der Waals surface area (Å²) in [5, 5.41) is 9.42. The lowest BCUT2D eigenvalue weighted by molar-refractivity contribution is -0.149. The van der Waals surface area contributed by atoms with Gasteiger partial charge in [-0.1, -0.05) is 37.3 Å². The van der Waals surface area contributed by atoms with Crippen molar-refractivity contribution in [3.63, 3.8) is 0 Å². The van der Waals surface area contributed by atoms with Crippen molar-refractivity contribution in [2.24, 2.45) is 5.92 Å². The van der Waals surface area contributed by atoms with Crippen LogP contribution in [0.1, 0.15) is 32.3 Å². The number of carbonyl (C=O) groups excluding carboxylic acids is 1. The number of nitriles is 1. The fourth-order valence-corrected chi connectivity index (χ4v) is 3.18. The Labute approximate surface area is 126 Å². The zero-order chi connectivity index (χ0) is 15.2. The van der Waals surface area contributed by atoms with Gasteiger partial charge in [0, 0.05) is 18.5 Å². The second-order valence-electron chi connectivity index (χ2n) is 5.38. The molecule has 1 heterocycles. The number of nitrogens with zero attached hydrogens (tertiary/aromatic N) is 2. The van der Waals surface area contributed by atoms with Gasteiger partial charge in [-0.3, -0.25) is 9.69 Å². The Morgan fingerprint density at radius 1 is 1.33 bits per heavy atom. The Morgan fingerprint density at radius 2 is 2.05 bits per heavy atom. The number of benzene rings is 1. The van der Waals surface area contributed by atoms with Gasteiger partial charge in [0.1, 0.15) is 6.04 Å². The second kappa shape index (κ2) is 7.24. The van der Waals surface area contributed by atoms with Crippen LogP contribution in [0, 0.1) is 17.2 Å². The van der Waals surface area contributed by atoms with Crippen molar-refractivity contribution >= 4 is 5.97 Å². The topological polar surface area (TPSA) is 53.3 Å². The molecule has 0 N–H and O–H groups in total. The number of ether oxygens (including phenoxy) is 1. The molecule has 0 aromatic heterocycles. The van der Waals surface area contributed by atoms with E-state index in [2.05, 4.69) is 30.0 Å². The highest BCUT2D eigenvalue weighted by molar-refractivity contribution is 5.70. The molecule has 1 fully saturated rings. The zero-order valence-electron chi connectivity index (χ0n) is 12.7. The molecule has 1 aromatic carbocycles. The van der Waals surface area contributed by atoms with Gasteiger partial charge in [-0.15, -0.1) is 0 Å². The summed E-state index contributed by atoms with van der Waals surface area (Å²) in [7, 11) is 0. The third-order valence-electron chi connectivity index (χ3n) is 4.15. The van der Waals surface area contributed by atoms with Gasteiger partial charge in [-0.2, -0.15) is 5.26 Å². The van der Waals surface area contributed by atoms with Crippen LogP contribution in [0.3, 0.4) is 0 Å². The van der Waals surface area contributed by atoms with E-state index in [1.54, 1.807) is 6.92 Å². The lowest BCUT2D eigenvalue weighted by Gasteiger charge is -2.52. The molecule has 1 aliphatic heterocycles. The van der Waals surface area contributed by atoms with E-state index in [1.165, 1.54) is 5.56 Å². The van der Waals surface area contributed by atoms with Gasteiger partial charge in [0.05, 0.1) is 19.1 Å². The maximum Gasteiger partial charge on any atom is 0.306 e. The highest BCUT2D eigenvalue weighted by Gasteiger charge is 2.48. The van der Waals surface area contributed by atoms with Crippen molar-refractivity contribution < 1.29 is 9.53 Å². The third-order valence-corrected chi connectivity index (χ3v) is 4.15. The lowest BCUT2D eigenvalue weighted by Crippen LogP contribution is -2.62. The molecule has 0 saturated carbocycles. The van der Waals surface area contributed by atoms with E-state index >= 15 is 0 Å². The molecule has 0 radical (unpaired) electrons. The third kappa shape index (κ3) is 3.43. The molecule has 4 nitrogen and oxygen atoms in total. The van der Waals surface area contributed by atoms with E-state index in [9.17, 15) is 10.1 Å². The molecule has 2 rings (SSSR count). The van der Waals surface area contributed by atoms with Crippen molar-refractivity contribution in [2.75, 3.05) is 6.61 Å². The summed E-state index contributed by atoms with van der Waals surface area (Å²) in [5.74, 6) is -0.108. The summed E-state index contributed by atoms with van der Waals surface area (Å²) >= 11 is 0. The predicted molar refractivity (Wildman–Crippen MR) is 80.2 cm³/mol. The van der Waals surface area contributed by atoms with Crippen LogP contribution in [-0.2, 0) is 16.1 Å². The minimum atomic E-state index is -0.195. The summed E-state index contributed by atoms with van der Waals surface area (Å²) in [6.07, 6.45) is 1.28. The van der Waals surface area contributed by atoms with Crippen molar-refractivity contribution in [1.82, 2.24) is 4.90 Å². The van der Waals surface area contributed by atoms with Crippen LogP contribution in [-0.4, -0.2) is 29.6 Å². The van der Waals surface area contributed by atoms with Gasteiger partial charge < -0.3 is 4.74 Å². The molecule has 3 atom stereocenters. The number of likely N-dealkylation sites (tertiary alicyclic amines) is 1. The first kappa shape index (κ1) is 15.5. The van der Waals surface area contributed by atoms with Crippen LogP contribution < -0.4 is 0 Å². The molecule has 0 aliphatic carbocycles. The van der Waals surface area contributed by atoms with Crippen LogP contribution in [0.25, 0.3) is 0 Å². The lowest BCUT2D eigenvalue weighted by atomic mass is 9.76. The summed E-state index contributed by atoms with van der Waals surface area (Å²) in [6, 6.07) is 12.6. The average Bonchev–Trinajstić information content (AvgIpc) is 2.48. The van der Waals surface area contributed by atoms with Gasteiger partial charge >= 0.3 is 5.97 Å². The van der Waals surface area contributed by atoms with E-state index in [-0.39, 0.29) is 24.0 Å². The molecular formula is C17H22N2O2. The number of hydrogen-bond donors (Lipinski definition) is 0. The smallest absolute Gasteiger partial charge is 0.306 e. The van der Waals surface area contributed by atoms with E-state index in [1.807, 2.05) is 18.2 Å². The van der Waals surface area contributed by atoms with Crippen LogP contribution >= 0.6 is 0 Å². The quantitative estimate of drug-likeness (QED) is 0.755. The molecule has 0 unspecified atom stereocenters. The van der Waals surface area contributed by atoms with E-state index < -0.39 is 0 Å². The van der Waals surface area contributed by atoms with Crippen molar-refractivity contribution in [3.05, 3.63) is 35.9 Å². The maximum absolute atomic E-state index is 11.7. The Kier molecular flexibility index (Phi) is 5.35. The summed E-state index contributed by atoms with van der Waals surface area (Å²) in [4.78, 5) is 13.9. The average molecular weight is 286 g/mol. The van der Waals surface area contributed by atoms with Gasteiger partial charge in [-0.05, 0) is 18.9 Å². The second-order valence-corrected chi connectivity index (χ2v) is 5.38. The molecule has 1 aliphatic rings. The highest BCUT2D eigenvalue weighted by Crippen LogP contribution is 2.38. The summed E-state index contributed by atoms with van der Waals surface area (Å²) in [5.41, 5.74) is 1.20. The predicted octanol–water partition coefficient (Wildman–Crippen LogP) is 2.74. The Morgan fingerprint density at radius 3 is 2.62 bits per heavy atom. The van der Waals surface area contributed by atoms with Crippen LogP contribution in [0.5, 0.6) is 0 Å². The van der Waals surface area contributed by atoms with Crippen molar-refractivity contribution in [1.29, 1.82) is 5.26 Å². The number of rotatable bonds is 6. The fourth-order valence-electron chi connectivity index (χ4n) is 3.18. The van der Waals surface area contributed by atoms with E-state index in [0.29, 0.717) is 13.0 Å². The highest BCUT2D eigenvalue weighted by atomic mass is 16.5. The van der Waals surface area contributed by atoms with Crippen LogP contribution in [0.15, 0.2) is 30.3 Å². The fraction of sp³-hybridized carbons (Fsp3) is 0.529. The molecule has 21 heavy (non-hydrogen) atoms. The molecule has 0 bridgehead atoms. The van der Waals surface area contributed by atoms with Gasteiger partial charge in [0.2, 0.25) is 0 Å². The minimum absolute atomic E-state index is 0.0859. The summed E-state index contributed by atoms with van der Waals surface area (Å²) in [6.45, 7) is 5.07. The number of hydrogen-bond acceptors (Lipinski definition) is 4. The van der Waals surface area contributed by atoms with E-state index in [4.69, 9.17) is 4.74 Å². The minimum Gasteiger partial charge on any atom is -0.466 e. The standard InChI is InChI=1S/C17H22N2O2/c1-3-15-14(10-17(20)21-4-2)16(11-18)19(15)12-13-8-6-5-7-9-13/h5-9,14-16H,3-4,10,12H2,1-2H3/t14-,15-,16-/m0/s1. The largest absolute Gasteiger partial charge is 0.466 e. The molecule has 1 saturated heterocycles. The van der Waals surface area contributed by atoms with Crippen LogP contribution in [0.4, 0.5) is 0 Å². The number of carbonyl (C=O) groups is 1. The molecule has 0 amide bonds. The first-order valence-electron chi connectivity index (χ1n) is 7.56. The zero-order valence-corrected chi connectivity index (χ0v) is 12.7. The molecular weight excluding hydrogens is 264 g/mol. The number of esters is 1. The first-order valence-corrected chi connectivity index (χ1v) is 7.56. The van der Waals surface area contributed by atoms with Gasteiger partial charge in [0.25, 0.3) is 0 Å². The Balaban J connectivity index is 2.03.